The number of nitrogens with zero attached hydrogens (tertiary/aromatic N) is 1. The Balaban J connectivity index is 2.24. The summed E-state index contributed by atoms with van der Waals surface area (Å²) in [4.78, 5) is 0.191. The molecule has 0 aromatic carbocycles. The highest BCUT2D eigenvalue weighted by atomic mass is 79.9. The summed E-state index contributed by atoms with van der Waals surface area (Å²) in [6, 6.07) is 1.98. The molecule has 1 N–H and O–H groups in total. The number of hydrogen-bond acceptors (Lipinski definition) is 4. The van der Waals surface area contributed by atoms with Crippen LogP contribution < -0.4 is 5.32 Å². The van der Waals surface area contributed by atoms with Crippen molar-refractivity contribution in [1.29, 1.82) is 0 Å². The maximum Gasteiger partial charge on any atom is 0.248 e. The number of sulfonamides is 1. The zero-order chi connectivity index (χ0) is 15.6. The summed E-state index contributed by atoms with van der Waals surface area (Å²) < 4.78 is 32.7. The van der Waals surface area contributed by atoms with Crippen LogP contribution in [0.25, 0.3) is 0 Å². The third-order valence-electron chi connectivity index (χ3n) is 3.24. The Labute approximate surface area is 134 Å². The molecule has 0 radical (unpaired) electrons. The molecular weight excluding hydrogens is 356 g/mol. The highest BCUT2D eigenvalue weighted by molar-refractivity contribution is 9.10. The largest absolute Gasteiger partial charge is 0.452 e. The van der Waals surface area contributed by atoms with E-state index in [1.165, 1.54) is 4.31 Å². The molecule has 0 saturated heterocycles. The van der Waals surface area contributed by atoms with Crippen LogP contribution in [0.1, 0.15) is 32.4 Å². The smallest absolute Gasteiger partial charge is 0.248 e. The Kier molecular flexibility index (Phi) is 5.29. The van der Waals surface area contributed by atoms with Gasteiger partial charge in [0.05, 0.1) is 6.54 Å². The Hall–Kier alpha value is -0.630. The van der Waals surface area contributed by atoms with Crippen LogP contribution >= 0.6 is 15.9 Å². The third-order valence-corrected chi connectivity index (χ3v) is 6.02. The molecule has 1 heterocycles. The molecule has 0 unspecified atom stereocenters. The van der Waals surface area contributed by atoms with E-state index in [1.54, 1.807) is 12.1 Å². The third kappa shape index (κ3) is 3.97. The molecule has 1 aliphatic rings. The molecule has 0 aliphatic heterocycles. The van der Waals surface area contributed by atoms with Gasteiger partial charge in [-0.15, -0.1) is 6.58 Å². The van der Waals surface area contributed by atoms with Crippen LogP contribution in [0.5, 0.6) is 0 Å². The highest BCUT2D eigenvalue weighted by Crippen LogP contribution is 2.35. The molecule has 21 heavy (non-hydrogen) atoms. The van der Waals surface area contributed by atoms with Crippen molar-refractivity contribution in [3.05, 3.63) is 29.2 Å². The van der Waals surface area contributed by atoms with Crippen LogP contribution in [0.15, 0.2) is 32.7 Å². The topological polar surface area (TPSA) is 62.6 Å². The van der Waals surface area contributed by atoms with Crippen molar-refractivity contribution in [2.24, 2.45) is 0 Å². The van der Waals surface area contributed by atoms with Crippen molar-refractivity contribution in [1.82, 2.24) is 9.62 Å². The van der Waals surface area contributed by atoms with E-state index in [1.807, 2.05) is 13.8 Å². The lowest BCUT2D eigenvalue weighted by atomic mass is 10.3. The van der Waals surface area contributed by atoms with Gasteiger partial charge in [0.25, 0.3) is 0 Å². The predicted molar refractivity (Wildman–Crippen MR) is 85.5 cm³/mol. The molecule has 1 fully saturated rings. The van der Waals surface area contributed by atoms with Gasteiger partial charge in [0.1, 0.15) is 10.7 Å². The number of rotatable bonds is 8. The minimum absolute atomic E-state index is 0.0899. The normalized spacial score (nSPS) is 15.9. The first-order valence-corrected chi connectivity index (χ1v) is 9.24. The standard InChI is InChI=1S/C14H21BrN2O3S/c1-4-7-17(11-5-6-11)21(18,19)13-8-12(20-14(13)15)9-16-10(2)3/h4,8,10-11,16H,1,5-7,9H2,2-3H3. The van der Waals surface area contributed by atoms with Gasteiger partial charge in [0.2, 0.25) is 10.0 Å². The fourth-order valence-corrected chi connectivity index (χ4v) is 4.64. The summed E-state index contributed by atoms with van der Waals surface area (Å²) >= 11 is 3.22. The SMILES string of the molecule is C=CCN(C1CC1)S(=O)(=O)c1cc(CNC(C)C)oc1Br. The predicted octanol–water partition coefficient (Wildman–Crippen LogP) is 2.88. The molecule has 2 rings (SSSR count). The van der Waals surface area contributed by atoms with E-state index in [0.29, 0.717) is 24.9 Å². The lowest BCUT2D eigenvalue weighted by Gasteiger charge is -2.19. The number of hydrogen-bond donors (Lipinski definition) is 1. The monoisotopic (exact) mass is 376 g/mol. The highest BCUT2D eigenvalue weighted by Gasteiger charge is 2.39. The molecular formula is C14H21BrN2O3S. The minimum Gasteiger partial charge on any atom is -0.452 e. The van der Waals surface area contributed by atoms with E-state index in [9.17, 15) is 8.42 Å². The van der Waals surface area contributed by atoms with E-state index in [-0.39, 0.29) is 15.6 Å². The second-order valence-corrected chi connectivity index (χ2v) is 8.06. The van der Waals surface area contributed by atoms with Crippen LogP contribution in [0.4, 0.5) is 0 Å². The summed E-state index contributed by atoms with van der Waals surface area (Å²) in [5.74, 6) is 0.600. The molecule has 0 spiro atoms. The second-order valence-electron chi connectivity index (χ2n) is 5.48. The number of furan rings is 1. The van der Waals surface area contributed by atoms with Crippen LogP contribution in [-0.2, 0) is 16.6 Å². The first kappa shape index (κ1) is 16.7. The average molecular weight is 377 g/mol. The van der Waals surface area contributed by atoms with Gasteiger partial charge in [-0.05, 0) is 28.8 Å². The molecule has 118 valence electrons. The Morgan fingerprint density at radius 1 is 1.57 bits per heavy atom. The van der Waals surface area contributed by atoms with Crippen LogP contribution in [0.3, 0.4) is 0 Å². The summed E-state index contributed by atoms with van der Waals surface area (Å²) in [5.41, 5.74) is 0. The molecule has 1 aromatic heterocycles. The molecule has 0 atom stereocenters. The van der Waals surface area contributed by atoms with E-state index in [0.717, 1.165) is 12.8 Å². The van der Waals surface area contributed by atoms with Crippen molar-refractivity contribution < 1.29 is 12.8 Å². The molecule has 1 saturated carbocycles. The van der Waals surface area contributed by atoms with E-state index >= 15 is 0 Å². The number of nitrogens with one attached hydrogen (secondary N) is 1. The Morgan fingerprint density at radius 2 is 2.24 bits per heavy atom. The van der Waals surface area contributed by atoms with Gasteiger partial charge in [-0.2, -0.15) is 4.31 Å². The van der Waals surface area contributed by atoms with Gasteiger partial charge in [-0.3, -0.25) is 0 Å². The Morgan fingerprint density at radius 3 is 2.76 bits per heavy atom. The van der Waals surface area contributed by atoms with Gasteiger partial charge in [-0.25, -0.2) is 8.42 Å². The summed E-state index contributed by atoms with van der Waals surface area (Å²) in [7, 11) is -3.55. The first-order chi connectivity index (χ1) is 9.86. The molecule has 0 amide bonds. The molecule has 0 bridgehead atoms. The maximum atomic E-state index is 12.7. The van der Waals surface area contributed by atoms with Crippen LogP contribution in [-0.4, -0.2) is 31.4 Å². The van der Waals surface area contributed by atoms with E-state index < -0.39 is 10.0 Å². The molecule has 1 aromatic rings. The zero-order valence-electron chi connectivity index (χ0n) is 12.3. The molecule has 7 heteroatoms. The van der Waals surface area contributed by atoms with Crippen molar-refractivity contribution in [3.8, 4) is 0 Å². The van der Waals surface area contributed by atoms with Crippen LogP contribution in [0.2, 0.25) is 0 Å². The van der Waals surface area contributed by atoms with E-state index in [4.69, 9.17) is 4.42 Å². The first-order valence-electron chi connectivity index (χ1n) is 7.00. The minimum atomic E-state index is -3.55. The average Bonchev–Trinajstić information content (AvgIpc) is 3.16. The fourth-order valence-electron chi connectivity index (χ4n) is 2.03. The van der Waals surface area contributed by atoms with Gasteiger partial charge >= 0.3 is 0 Å². The maximum absolute atomic E-state index is 12.7. The second kappa shape index (κ2) is 6.64. The van der Waals surface area contributed by atoms with Gasteiger partial charge in [0.15, 0.2) is 4.67 Å². The van der Waals surface area contributed by atoms with Crippen molar-refractivity contribution in [2.75, 3.05) is 6.54 Å². The van der Waals surface area contributed by atoms with Gasteiger partial charge in [0, 0.05) is 24.7 Å². The van der Waals surface area contributed by atoms with Crippen molar-refractivity contribution >= 4 is 26.0 Å². The van der Waals surface area contributed by atoms with Crippen molar-refractivity contribution in [2.45, 2.75) is 50.2 Å². The van der Waals surface area contributed by atoms with E-state index in [2.05, 4.69) is 27.8 Å². The summed E-state index contributed by atoms with van der Waals surface area (Å²) in [6.07, 6.45) is 3.43. The quantitative estimate of drug-likeness (QED) is 0.708. The summed E-state index contributed by atoms with van der Waals surface area (Å²) in [6.45, 7) is 8.51. The van der Waals surface area contributed by atoms with Gasteiger partial charge < -0.3 is 9.73 Å². The molecule has 5 nitrogen and oxygen atoms in total. The fraction of sp³-hybridized carbons (Fsp3) is 0.571. The van der Waals surface area contributed by atoms with Crippen LogP contribution in [0, 0.1) is 0 Å². The summed E-state index contributed by atoms with van der Waals surface area (Å²) in [5, 5.41) is 3.20. The van der Waals surface area contributed by atoms with Gasteiger partial charge in [-0.1, -0.05) is 19.9 Å². The number of halogens is 1. The Bertz CT molecular complexity index is 606. The molecule has 1 aliphatic carbocycles. The lowest BCUT2D eigenvalue weighted by Crippen LogP contribution is -2.33. The zero-order valence-corrected chi connectivity index (χ0v) is 14.7. The van der Waals surface area contributed by atoms with Crippen molar-refractivity contribution in [3.63, 3.8) is 0 Å². The lowest BCUT2D eigenvalue weighted by molar-refractivity contribution is 0.428.